The lowest BCUT2D eigenvalue weighted by atomic mass is 10.1. The third-order valence-corrected chi connectivity index (χ3v) is 5.94. The van der Waals surface area contributed by atoms with E-state index in [4.69, 9.17) is 0 Å². The predicted octanol–water partition coefficient (Wildman–Crippen LogP) is 3.72. The number of benzene rings is 3. The third kappa shape index (κ3) is 4.62. The zero-order valence-electron chi connectivity index (χ0n) is 16.2. The van der Waals surface area contributed by atoms with Crippen LogP contribution in [0.2, 0.25) is 0 Å². The van der Waals surface area contributed by atoms with E-state index in [-0.39, 0.29) is 28.6 Å². The molecule has 0 aliphatic carbocycles. The van der Waals surface area contributed by atoms with E-state index >= 15 is 0 Å². The molecule has 158 valence electrons. The molecular formula is C22H19FN4O3S. The third-order valence-electron chi connectivity index (χ3n) is 4.58. The lowest BCUT2D eigenvalue weighted by molar-refractivity contribution is 0.186. The lowest BCUT2D eigenvalue weighted by Crippen LogP contribution is -2.19. The Labute approximate surface area is 178 Å². The van der Waals surface area contributed by atoms with Gasteiger partial charge in [0.15, 0.2) is 11.6 Å². The summed E-state index contributed by atoms with van der Waals surface area (Å²) in [6.45, 7) is -0.103. The molecule has 0 saturated carbocycles. The van der Waals surface area contributed by atoms with Crippen molar-refractivity contribution in [3.8, 4) is 0 Å². The van der Waals surface area contributed by atoms with Crippen molar-refractivity contribution in [3.63, 3.8) is 0 Å². The average Bonchev–Trinajstić information content (AvgIpc) is 2.78. The van der Waals surface area contributed by atoms with Gasteiger partial charge in [-0.15, -0.1) is 0 Å². The van der Waals surface area contributed by atoms with Crippen LogP contribution in [0.1, 0.15) is 11.7 Å². The number of aliphatic hydroxyl groups is 1. The van der Waals surface area contributed by atoms with Crippen LogP contribution in [0.5, 0.6) is 0 Å². The highest BCUT2D eigenvalue weighted by Crippen LogP contribution is 2.25. The summed E-state index contributed by atoms with van der Waals surface area (Å²) in [6, 6.07) is 20.8. The number of anilines is 2. The molecule has 0 amide bonds. The minimum absolute atomic E-state index is 0.0247. The maximum Gasteiger partial charge on any atom is 0.263 e. The van der Waals surface area contributed by atoms with E-state index < -0.39 is 21.9 Å². The Balaban J connectivity index is 1.66. The van der Waals surface area contributed by atoms with Gasteiger partial charge in [-0.1, -0.05) is 48.5 Å². The monoisotopic (exact) mass is 438 g/mol. The number of hydrogen-bond donors (Lipinski definition) is 3. The summed E-state index contributed by atoms with van der Waals surface area (Å²) >= 11 is 0. The van der Waals surface area contributed by atoms with Crippen LogP contribution in [0.25, 0.3) is 11.0 Å². The molecule has 9 heteroatoms. The van der Waals surface area contributed by atoms with Gasteiger partial charge in [0.1, 0.15) is 5.82 Å². The van der Waals surface area contributed by atoms with Gasteiger partial charge >= 0.3 is 0 Å². The number of hydrogen-bond acceptors (Lipinski definition) is 6. The van der Waals surface area contributed by atoms with Gasteiger partial charge in [0.2, 0.25) is 0 Å². The van der Waals surface area contributed by atoms with Crippen molar-refractivity contribution in [2.24, 2.45) is 0 Å². The highest BCUT2D eigenvalue weighted by molar-refractivity contribution is 7.92. The molecule has 1 atom stereocenters. The van der Waals surface area contributed by atoms with Gasteiger partial charge in [-0.3, -0.25) is 4.72 Å². The Morgan fingerprint density at radius 1 is 0.839 bits per heavy atom. The fourth-order valence-electron chi connectivity index (χ4n) is 3.03. The molecule has 3 aromatic carbocycles. The zero-order chi connectivity index (χ0) is 21.8. The normalized spacial score (nSPS) is 12.5. The van der Waals surface area contributed by atoms with E-state index in [0.717, 1.165) is 0 Å². The predicted molar refractivity (Wildman–Crippen MR) is 117 cm³/mol. The van der Waals surface area contributed by atoms with Gasteiger partial charge in [-0.2, -0.15) is 0 Å². The molecule has 1 unspecified atom stereocenters. The number of aliphatic hydroxyl groups excluding tert-OH is 1. The molecule has 4 aromatic rings. The molecule has 1 heterocycles. The minimum atomic E-state index is -3.92. The number of nitrogens with one attached hydrogen (secondary N) is 2. The lowest BCUT2D eigenvalue weighted by Gasteiger charge is -2.16. The van der Waals surface area contributed by atoms with Gasteiger partial charge in [0.05, 0.1) is 22.0 Å². The molecule has 0 aliphatic rings. The van der Waals surface area contributed by atoms with Gasteiger partial charge in [-0.05, 0) is 30.3 Å². The van der Waals surface area contributed by atoms with E-state index in [1.165, 1.54) is 30.3 Å². The van der Waals surface area contributed by atoms with Crippen LogP contribution >= 0.6 is 0 Å². The SMILES string of the molecule is O=S(=O)(Nc1nc2ccccc2nc1NCC(O)c1ccccc1F)c1ccccc1. The van der Waals surface area contributed by atoms with E-state index in [0.29, 0.717) is 11.0 Å². The van der Waals surface area contributed by atoms with E-state index in [2.05, 4.69) is 20.0 Å². The van der Waals surface area contributed by atoms with Crippen molar-refractivity contribution in [1.29, 1.82) is 0 Å². The minimum Gasteiger partial charge on any atom is -0.386 e. The van der Waals surface area contributed by atoms with Gasteiger partial charge in [0.25, 0.3) is 10.0 Å². The van der Waals surface area contributed by atoms with Gasteiger partial charge in [-0.25, -0.2) is 22.8 Å². The molecule has 0 spiro atoms. The first kappa shape index (κ1) is 20.7. The molecule has 0 fully saturated rings. The summed E-state index contributed by atoms with van der Waals surface area (Å²) < 4.78 is 42.0. The fraction of sp³-hybridized carbons (Fsp3) is 0.0909. The average molecular weight is 438 g/mol. The van der Waals surface area contributed by atoms with Crippen LogP contribution in [-0.4, -0.2) is 30.0 Å². The van der Waals surface area contributed by atoms with Crippen molar-refractivity contribution in [3.05, 3.63) is 90.2 Å². The van der Waals surface area contributed by atoms with E-state index in [1.54, 1.807) is 48.5 Å². The Morgan fingerprint density at radius 3 is 2.10 bits per heavy atom. The van der Waals surface area contributed by atoms with Crippen molar-refractivity contribution >= 4 is 32.7 Å². The molecule has 1 aromatic heterocycles. The molecular weight excluding hydrogens is 419 g/mol. The van der Waals surface area contributed by atoms with Gasteiger partial charge < -0.3 is 10.4 Å². The fourth-order valence-corrected chi connectivity index (χ4v) is 4.06. The van der Waals surface area contributed by atoms with Crippen LogP contribution in [-0.2, 0) is 10.0 Å². The maximum atomic E-state index is 14.0. The number of fused-ring (bicyclic) bond motifs is 1. The molecule has 0 radical (unpaired) electrons. The van der Waals surface area contributed by atoms with Crippen molar-refractivity contribution < 1.29 is 17.9 Å². The zero-order valence-corrected chi connectivity index (χ0v) is 17.1. The number of sulfonamides is 1. The second kappa shape index (κ2) is 8.66. The summed E-state index contributed by atoms with van der Waals surface area (Å²) in [5, 5.41) is 13.3. The Bertz CT molecular complexity index is 1320. The maximum absolute atomic E-state index is 14.0. The van der Waals surface area contributed by atoms with Crippen molar-refractivity contribution in [1.82, 2.24) is 9.97 Å². The first-order chi connectivity index (χ1) is 14.9. The van der Waals surface area contributed by atoms with Crippen LogP contribution < -0.4 is 10.0 Å². The summed E-state index contributed by atoms with van der Waals surface area (Å²) in [4.78, 5) is 8.89. The van der Waals surface area contributed by atoms with Crippen LogP contribution in [0.4, 0.5) is 16.0 Å². The van der Waals surface area contributed by atoms with Crippen LogP contribution in [0.15, 0.2) is 83.8 Å². The molecule has 0 bridgehead atoms. The molecule has 0 saturated heterocycles. The smallest absolute Gasteiger partial charge is 0.263 e. The Hall–Kier alpha value is -3.56. The number of aromatic nitrogens is 2. The quantitative estimate of drug-likeness (QED) is 0.406. The second-order valence-electron chi connectivity index (χ2n) is 6.75. The summed E-state index contributed by atoms with van der Waals surface area (Å²) in [7, 11) is -3.92. The highest BCUT2D eigenvalue weighted by Gasteiger charge is 2.20. The largest absolute Gasteiger partial charge is 0.386 e. The number of nitrogens with zero attached hydrogens (tertiary/aromatic N) is 2. The number of halogens is 1. The number of rotatable bonds is 7. The Morgan fingerprint density at radius 2 is 1.42 bits per heavy atom. The van der Waals surface area contributed by atoms with Crippen molar-refractivity contribution in [2.75, 3.05) is 16.6 Å². The summed E-state index contributed by atoms with van der Waals surface area (Å²) in [5.74, 6) is -0.441. The first-order valence-electron chi connectivity index (χ1n) is 9.45. The molecule has 4 rings (SSSR count). The van der Waals surface area contributed by atoms with Crippen LogP contribution in [0, 0.1) is 5.82 Å². The number of para-hydroxylation sites is 2. The second-order valence-corrected chi connectivity index (χ2v) is 8.43. The molecule has 7 nitrogen and oxygen atoms in total. The molecule has 0 aliphatic heterocycles. The Kier molecular flexibility index (Phi) is 5.79. The highest BCUT2D eigenvalue weighted by atomic mass is 32.2. The topological polar surface area (TPSA) is 104 Å². The standard InChI is InChI=1S/C22H19FN4O3S/c23-17-11-5-4-10-16(17)20(28)14-24-21-22(26-19-13-7-6-12-18(19)25-21)27-31(29,30)15-8-2-1-3-9-15/h1-13,20,28H,14H2,(H,24,25)(H,26,27). The summed E-state index contributed by atoms with van der Waals surface area (Å²) in [5.41, 5.74) is 1.15. The van der Waals surface area contributed by atoms with E-state index in [9.17, 15) is 17.9 Å². The van der Waals surface area contributed by atoms with E-state index in [1.807, 2.05) is 0 Å². The van der Waals surface area contributed by atoms with Crippen molar-refractivity contribution in [2.45, 2.75) is 11.0 Å². The molecule has 3 N–H and O–H groups in total. The summed E-state index contributed by atoms with van der Waals surface area (Å²) in [6.07, 6.45) is -1.17. The first-order valence-corrected chi connectivity index (χ1v) is 10.9. The molecule has 31 heavy (non-hydrogen) atoms. The van der Waals surface area contributed by atoms with Gasteiger partial charge in [0, 0.05) is 12.1 Å². The van der Waals surface area contributed by atoms with Crippen LogP contribution in [0.3, 0.4) is 0 Å².